The van der Waals surface area contributed by atoms with Gasteiger partial charge in [0.1, 0.15) is 5.78 Å². The zero-order valence-electron chi connectivity index (χ0n) is 6.88. The predicted molar refractivity (Wildman–Crippen MR) is 42.6 cm³/mol. The fraction of sp³-hybridized carbons (Fsp3) is 0.750. The highest BCUT2D eigenvalue weighted by molar-refractivity contribution is 5.84. The number of piperazine rings is 1. The summed E-state index contributed by atoms with van der Waals surface area (Å²) in [5.74, 6) is 0.307. The molecule has 1 atom stereocenters. The number of amides is 1. The number of carbonyl (C=O) groups is 2. The number of hydrogen-bond acceptors (Lipinski definition) is 3. The van der Waals surface area contributed by atoms with Crippen LogP contribution >= 0.6 is 0 Å². The number of carbonyl (C=O) groups excluding carboxylic acids is 2. The number of hydrogen-bond donors (Lipinski definition) is 1. The Labute approximate surface area is 70.9 Å². The molecule has 12 heavy (non-hydrogen) atoms. The largest absolute Gasteiger partial charge is 0.353 e. The van der Waals surface area contributed by atoms with Crippen molar-refractivity contribution in [2.75, 3.05) is 19.6 Å². The zero-order valence-corrected chi connectivity index (χ0v) is 6.88. The van der Waals surface area contributed by atoms with Gasteiger partial charge in [0.05, 0.1) is 13.1 Å². The van der Waals surface area contributed by atoms with Gasteiger partial charge in [-0.3, -0.25) is 14.5 Å². The Balaban J connectivity index is 2.03. The van der Waals surface area contributed by atoms with Crippen molar-refractivity contribution in [1.29, 1.82) is 0 Å². The Morgan fingerprint density at radius 3 is 3.00 bits per heavy atom. The number of Topliss-reactive ketones (excluding diaryl/α,β-unsaturated/α-hetero) is 1. The van der Waals surface area contributed by atoms with E-state index in [2.05, 4.69) is 5.32 Å². The summed E-state index contributed by atoms with van der Waals surface area (Å²) in [5, 5.41) is 2.80. The summed E-state index contributed by atoms with van der Waals surface area (Å²) < 4.78 is 0. The first-order valence-corrected chi connectivity index (χ1v) is 4.28. The van der Waals surface area contributed by atoms with E-state index in [0.717, 1.165) is 6.42 Å². The summed E-state index contributed by atoms with van der Waals surface area (Å²) in [6.07, 6.45) is 1.58. The van der Waals surface area contributed by atoms with Crippen LogP contribution in [0.25, 0.3) is 0 Å². The molecule has 0 spiro atoms. The van der Waals surface area contributed by atoms with Crippen molar-refractivity contribution in [2.24, 2.45) is 0 Å². The molecule has 2 saturated heterocycles. The van der Waals surface area contributed by atoms with Crippen molar-refractivity contribution in [2.45, 2.75) is 18.9 Å². The van der Waals surface area contributed by atoms with Crippen molar-refractivity contribution < 1.29 is 9.59 Å². The summed E-state index contributed by atoms with van der Waals surface area (Å²) in [6.45, 7) is 1.58. The maximum absolute atomic E-state index is 11.1. The number of piperidine rings is 1. The van der Waals surface area contributed by atoms with Crippen LogP contribution in [0, 0.1) is 0 Å². The van der Waals surface area contributed by atoms with Crippen molar-refractivity contribution in [3.05, 3.63) is 0 Å². The number of rotatable bonds is 0. The van der Waals surface area contributed by atoms with Crippen LogP contribution in [0.3, 0.4) is 0 Å². The second-order valence-electron chi connectivity index (χ2n) is 3.44. The predicted octanol–water partition coefficient (Wildman–Crippen LogP) is -0.850. The van der Waals surface area contributed by atoms with Gasteiger partial charge in [-0.15, -0.1) is 0 Å². The molecule has 4 nitrogen and oxygen atoms in total. The smallest absolute Gasteiger partial charge is 0.234 e. The molecule has 2 aliphatic rings. The van der Waals surface area contributed by atoms with E-state index in [1.807, 2.05) is 4.90 Å². The molecule has 0 radical (unpaired) electrons. The summed E-state index contributed by atoms with van der Waals surface area (Å²) in [7, 11) is 0. The summed E-state index contributed by atoms with van der Waals surface area (Å²) >= 11 is 0. The average Bonchev–Trinajstić information content (AvgIpc) is 2.03. The topological polar surface area (TPSA) is 49.4 Å². The molecule has 4 heteroatoms. The third-order valence-electron chi connectivity index (χ3n) is 2.53. The first-order chi connectivity index (χ1) is 5.75. The minimum Gasteiger partial charge on any atom is -0.353 e. The van der Waals surface area contributed by atoms with Crippen LogP contribution in [0.15, 0.2) is 0 Å². The molecule has 0 saturated carbocycles. The molecule has 1 amide bonds. The molecule has 0 aromatic heterocycles. The van der Waals surface area contributed by atoms with E-state index in [0.29, 0.717) is 32.1 Å². The van der Waals surface area contributed by atoms with Crippen LogP contribution < -0.4 is 5.32 Å². The Bertz CT molecular complexity index is 205. The SMILES string of the molecule is O=C1CC[C@H]2CNC(=O)CN2C1. The van der Waals surface area contributed by atoms with Gasteiger partial charge in [-0.05, 0) is 6.42 Å². The fourth-order valence-electron chi connectivity index (χ4n) is 1.83. The van der Waals surface area contributed by atoms with E-state index in [4.69, 9.17) is 0 Å². The van der Waals surface area contributed by atoms with Crippen LogP contribution in [-0.4, -0.2) is 42.3 Å². The second-order valence-corrected chi connectivity index (χ2v) is 3.44. The molecule has 1 N–H and O–H groups in total. The molecule has 2 aliphatic heterocycles. The lowest BCUT2D eigenvalue weighted by Gasteiger charge is -2.37. The third kappa shape index (κ3) is 1.34. The van der Waals surface area contributed by atoms with Gasteiger partial charge in [0.15, 0.2) is 0 Å². The van der Waals surface area contributed by atoms with Crippen molar-refractivity contribution in [3.8, 4) is 0 Å². The van der Waals surface area contributed by atoms with Gasteiger partial charge in [-0.2, -0.15) is 0 Å². The monoisotopic (exact) mass is 168 g/mol. The van der Waals surface area contributed by atoms with Crippen LogP contribution in [0.2, 0.25) is 0 Å². The Morgan fingerprint density at radius 1 is 1.33 bits per heavy atom. The van der Waals surface area contributed by atoms with Crippen LogP contribution in [-0.2, 0) is 9.59 Å². The average molecular weight is 168 g/mol. The number of nitrogens with zero attached hydrogens (tertiary/aromatic N) is 1. The molecule has 0 aliphatic carbocycles. The minimum atomic E-state index is 0.0425. The standard InChI is InChI=1S/C8H12N2O2/c11-7-2-1-6-3-9-8(12)5-10(6)4-7/h6H,1-5H2,(H,9,12)/t6-/m0/s1. The molecule has 2 rings (SSSR count). The van der Waals surface area contributed by atoms with Gasteiger partial charge in [0.25, 0.3) is 0 Å². The molecule has 0 bridgehead atoms. The van der Waals surface area contributed by atoms with E-state index in [9.17, 15) is 9.59 Å². The highest BCUT2D eigenvalue weighted by Crippen LogP contribution is 2.15. The normalized spacial score (nSPS) is 31.2. The molecule has 0 aromatic rings. The zero-order chi connectivity index (χ0) is 8.55. The lowest BCUT2D eigenvalue weighted by Crippen LogP contribution is -2.57. The molecule has 2 fully saturated rings. The molecular formula is C8H12N2O2. The molecule has 0 unspecified atom stereocenters. The van der Waals surface area contributed by atoms with Crippen molar-refractivity contribution in [3.63, 3.8) is 0 Å². The summed E-state index contributed by atoms with van der Waals surface area (Å²) in [5.41, 5.74) is 0. The Morgan fingerprint density at radius 2 is 2.17 bits per heavy atom. The van der Waals surface area contributed by atoms with Gasteiger partial charge in [0.2, 0.25) is 5.91 Å². The first kappa shape index (κ1) is 7.73. The number of nitrogens with one attached hydrogen (secondary N) is 1. The van der Waals surface area contributed by atoms with Gasteiger partial charge in [-0.1, -0.05) is 0 Å². The van der Waals surface area contributed by atoms with Crippen molar-refractivity contribution in [1.82, 2.24) is 10.2 Å². The minimum absolute atomic E-state index is 0.0425. The highest BCUT2D eigenvalue weighted by Gasteiger charge is 2.31. The lowest BCUT2D eigenvalue weighted by molar-refractivity contribution is -0.130. The lowest BCUT2D eigenvalue weighted by atomic mass is 9.99. The second kappa shape index (κ2) is 2.86. The highest BCUT2D eigenvalue weighted by atomic mass is 16.2. The quantitative estimate of drug-likeness (QED) is 0.512. The van der Waals surface area contributed by atoms with E-state index in [1.54, 1.807) is 0 Å². The van der Waals surface area contributed by atoms with E-state index in [-0.39, 0.29) is 11.7 Å². The van der Waals surface area contributed by atoms with Crippen LogP contribution in [0.4, 0.5) is 0 Å². The summed E-state index contributed by atoms with van der Waals surface area (Å²) in [4.78, 5) is 24.0. The van der Waals surface area contributed by atoms with Crippen LogP contribution in [0.5, 0.6) is 0 Å². The van der Waals surface area contributed by atoms with E-state index < -0.39 is 0 Å². The molecule has 2 heterocycles. The van der Waals surface area contributed by atoms with E-state index in [1.165, 1.54) is 0 Å². The maximum atomic E-state index is 11.1. The van der Waals surface area contributed by atoms with Crippen LogP contribution in [0.1, 0.15) is 12.8 Å². The van der Waals surface area contributed by atoms with E-state index >= 15 is 0 Å². The molecule has 0 aromatic carbocycles. The fourth-order valence-corrected chi connectivity index (χ4v) is 1.83. The Kier molecular flexibility index (Phi) is 1.84. The van der Waals surface area contributed by atoms with Gasteiger partial charge < -0.3 is 5.32 Å². The Hall–Kier alpha value is -0.900. The maximum Gasteiger partial charge on any atom is 0.234 e. The first-order valence-electron chi connectivity index (χ1n) is 4.28. The summed E-state index contributed by atoms with van der Waals surface area (Å²) in [6, 6.07) is 0.403. The number of ketones is 1. The molecular weight excluding hydrogens is 156 g/mol. The molecule has 66 valence electrons. The van der Waals surface area contributed by atoms with Gasteiger partial charge in [-0.25, -0.2) is 0 Å². The number of fused-ring (bicyclic) bond motifs is 1. The van der Waals surface area contributed by atoms with Gasteiger partial charge >= 0.3 is 0 Å². The third-order valence-corrected chi connectivity index (χ3v) is 2.53. The van der Waals surface area contributed by atoms with Crippen molar-refractivity contribution >= 4 is 11.7 Å². The van der Waals surface area contributed by atoms with Gasteiger partial charge in [0, 0.05) is 19.0 Å².